The summed E-state index contributed by atoms with van der Waals surface area (Å²) < 4.78 is 0. The van der Waals surface area contributed by atoms with Crippen LogP contribution in [0.4, 0.5) is 0 Å². The standard InChI is InChI=1S/C19H23NO/c1-14(2)16-10-8-15(9-11-16)12-19(21)18(13-20)17-6-4-3-5-7-17/h3-11,14,18H,12-13,20H2,1-2H3. The summed E-state index contributed by atoms with van der Waals surface area (Å²) >= 11 is 0. The quantitative estimate of drug-likeness (QED) is 0.878. The summed E-state index contributed by atoms with van der Waals surface area (Å²) in [7, 11) is 0. The van der Waals surface area contributed by atoms with Crippen LogP contribution in [0, 0.1) is 0 Å². The van der Waals surface area contributed by atoms with Gasteiger partial charge in [0.2, 0.25) is 0 Å². The SMILES string of the molecule is CC(C)c1ccc(CC(=O)C(CN)c2ccccc2)cc1. The van der Waals surface area contributed by atoms with Crippen molar-refractivity contribution >= 4 is 5.78 Å². The smallest absolute Gasteiger partial charge is 0.145 e. The van der Waals surface area contributed by atoms with Crippen molar-refractivity contribution in [3.8, 4) is 0 Å². The van der Waals surface area contributed by atoms with E-state index in [-0.39, 0.29) is 11.7 Å². The summed E-state index contributed by atoms with van der Waals surface area (Å²) in [5.74, 6) is 0.479. The highest BCUT2D eigenvalue weighted by molar-refractivity contribution is 5.87. The molecule has 1 unspecified atom stereocenters. The topological polar surface area (TPSA) is 43.1 Å². The van der Waals surface area contributed by atoms with E-state index in [9.17, 15) is 4.79 Å². The van der Waals surface area contributed by atoms with Crippen LogP contribution in [0.3, 0.4) is 0 Å². The zero-order valence-corrected chi connectivity index (χ0v) is 12.8. The largest absolute Gasteiger partial charge is 0.329 e. The van der Waals surface area contributed by atoms with E-state index in [1.807, 2.05) is 42.5 Å². The molecule has 2 aromatic carbocycles. The molecule has 0 heterocycles. The Hall–Kier alpha value is -1.93. The normalized spacial score (nSPS) is 12.4. The van der Waals surface area contributed by atoms with E-state index in [0.717, 1.165) is 11.1 Å². The Labute approximate surface area is 127 Å². The van der Waals surface area contributed by atoms with Crippen LogP contribution < -0.4 is 5.73 Å². The van der Waals surface area contributed by atoms with Crippen molar-refractivity contribution in [1.29, 1.82) is 0 Å². The number of hydrogen-bond donors (Lipinski definition) is 1. The Morgan fingerprint density at radius 1 is 0.952 bits per heavy atom. The van der Waals surface area contributed by atoms with Crippen LogP contribution in [-0.2, 0) is 11.2 Å². The molecule has 0 aliphatic heterocycles. The summed E-state index contributed by atoms with van der Waals surface area (Å²) in [5.41, 5.74) is 9.16. The maximum Gasteiger partial charge on any atom is 0.145 e. The van der Waals surface area contributed by atoms with Gasteiger partial charge in [0.1, 0.15) is 5.78 Å². The maximum absolute atomic E-state index is 12.5. The molecule has 0 amide bonds. The number of hydrogen-bond acceptors (Lipinski definition) is 2. The third-order valence-electron chi connectivity index (χ3n) is 3.85. The summed E-state index contributed by atoms with van der Waals surface area (Å²) in [6.07, 6.45) is 0.440. The Morgan fingerprint density at radius 2 is 1.57 bits per heavy atom. The fraction of sp³-hybridized carbons (Fsp3) is 0.316. The van der Waals surface area contributed by atoms with Gasteiger partial charge in [-0.2, -0.15) is 0 Å². The first kappa shape index (κ1) is 15.5. The molecular formula is C19H23NO. The van der Waals surface area contributed by atoms with Gasteiger partial charge in [-0.3, -0.25) is 4.79 Å². The molecule has 21 heavy (non-hydrogen) atoms. The summed E-state index contributed by atoms with van der Waals surface area (Å²) in [5, 5.41) is 0. The predicted octanol–water partition coefficient (Wildman–Crippen LogP) is 3.66. The maximum atomic E-state index is 12.5. The van der Waals surface area contributed by atoms with Crippen LogP contribution in [0.5, 0.6) is 0 Å². The van der Waals surface area contributed by atoms with E-state index in [4.69, 9.17) is 5.73 Å². The first-order chi connectivity index (χ1) is 10.1. The lowest BCUT2D eigenvalue weighted by Gasteiger charge is -2.14. The molecule has 0 saturated heterocycles. The molecule has 0 bridgehead atoms. The van der Waals surface area contributed by atoms with Crippen molar-refractivity contribution in [2.45, 2.75) is 32.1 Å². The Morgan fingerprint density at radius 3 is 2.10 bits per heavy atom. The Kier molecular flexibility index (Phi) is 5.29. The minimum Gasteiger partial charge on any atom is -0.329 e. The van der Waals surface area contributed by atoms with Crippen LogP contribution in [0.1, 0.15) is 42.4 Å². The molecular weight excluding hydrogens is 258 g/mol. The molecule has 0 saturated carbocycles. The molecule has 1 atom stereocenters. The van der Waals surface area contributed by atoms with Gasteiger partial charge in [0, 0.05) is 13.0 Å². The lowest BCUT2D eigenvalue weighted by molar-refractivity contribution is -0.119. The third-order valence-corrected chi connectivity index (χ3v) is 3.85. The lowest BCUT2D eigenvalue weighted by Crippen LogP contribution is -2.23. The molecule has 0 fully saturated rings. The van der Waals surface area contributed by atoms with Crippen molar-refractivity contribution in [1.82, 2.24) is 0 Å². The van der Waals surface area contributed by atoms with Crippen molar-refractivity contribution in [2.75, 3.05) is 6.54 Å². The first-order valence-electron chi connectivity index (χ1n) is 7.48. The van der Waals surface area contributed by atoms with Gasteiger partial charge in [0.15, 0.2) is 0 Å². The highest BCUT2D eigenvalue weighted by Crippen LogP contribution is 2.19. The number of benzene rings is 2. The lowest BCUT2D eigenvalue weighted by atomic mass is 9.90. The fourth-order valence-corrected chi connectivity index (χ4v) is 2.48. The second-order valence-electron chi connectivity index (χ2n) is 5.74. The van der Waals surface area contributed by atoms with Crippen LogP contribution in [0.15, 0.2) is 54.6 Å². The average Bonchev–Trinajstić information content (AvgIpc) is 2.49. The molecule has 110 valence electrons. The van der Waals surface area contributed by atoms with Crippen molar-refractivity contribution in [2.24, 2.45) is 5.73 Å². The fourth-order valence-electron chi connectivity index (χ4n) is 2.48. The van der Waals surface area contributed by atoms with Gasteiger partial charge in [0.05, 0.1) is 5.92 Å². The molecule has 2 nitrogen and oxygen atoms in total. The molecule has 0 aromatic heterocycles. The molecule has 2 aromatic rings. The van der Waals surface area contributed by atoms with Crippen LogP contribution >= 0.6 is 0 Å². The van der Waals surface area contributed by atoms with E-state index in [0.29, 0.717) is 18.9 Å². The highest BCUT2D eigenvalue weighted by atomic mass is 16.1. The molecule has 0 spiro atoms. The minimum atomic E-state index is -0.212. The van der Waals surface area contributed by atoms with Gasteiger partial charge in [-0.25, -0.2) is 0 Å². The van der Waals surface area contributed by atoms with E-state index in [2.05, 4.69) is 26.0 Å². The van der Waals surface area contributed by atoms with E-state index in [1.54, 1.807) is 0 Å². The van der Waals surface area contributed by atoms with E-state index < -0.39 is 0 Å². The predicted molar refractivity (Wildman–Crippen MR) is 87.5 cm³/mol. The van der Waals surface area contributed by atoms with E-state index >= 15 is 0 Å². The summed E-state index contributed by atoms with van der Waals surface area (Å²) in [6, 6.07) is 18.1. The van der Waals surface area contributed by atoms with Gasteiger partial charge in [-0.15, -0.1) is 0 Å². The van der Waals surface area contributed by atoms with Crippen LogP contribution in [-0.4, -0.2) is 12.3 Å². The summed E-state index contributed by atoms with van der Waals surface area (Å²) in [6.45, 7) is 4.69. The van der Waals surface area contributed by atoms with Gasteiger partial charge in [0.25, 0.3) is 0 Å². The van der Waals surface area contributed by atoms with Crippen LogP contribution in [0.25, 0.3) is 0 Å². The molecule has 0 aliphatic rings. The molecule has 0 radical (unpaired) electrons. The van der Waals surface area contributed by atoms with Gasteiger partial charge < -0.3 is 5.73 Å². The molecule has 2 rings (SSSR count). The first-order valence-corrected chi connectivity index (χ1v) is 7.48. The monoisotopic (exact) mass is 281 g/mol. The van der Waals surface area contributed by atoms with Crippen molar-refractivity contribution < 1.29 is 4.79 Å². The van der Waals surface area contributed by atoms with Gasteiger partial charge in [-0.1, -0.05) is 68.4 Å². The number of nitrogens with two attached hydrogens (primary N) is 1. The zero-order valence-electron chi connectivity index (χ0n) is 12.8. The van der Waals surface area contributed by atoms with E-state index in [1.165, 1.54) is 5.56 Å². The number of ketones is 1. The highest BCUT2D eigenvalue weighted by Gasteiger charge is 2.18. The van der Waals surface area contributed by atoms with Crippen LogP contribution in [0.2, 0.25) is 0 Å². The minimum absolute atomic E-state index is 0.181. The van der Waals surface area contributed by atoms with Crippen molar-refractivity contribution in [3.05, 3.63) is 71.3 Å². The molecule has 2 N–H and O–H groups in total. The van der Waals surface area contributed by atoms with Gasteiger partial charge >= 0.3 is 0 Å². The second kappa shape index (κ2) is 7.19. The van der Waals surface area contributed by atoms with Crippen molar-refractivity contribution in [3.63, 3.8) is 0 Å². The number of Topliss-reactive ketones (excluding diaryl/α,β-unsaturated/α-hetero) is 1. The number of carbonyl (C=O) groups excluding carboxylic acids is 1. The molecule has 2 heteroatoms. The zero-order chi connectivity index (χ0) is 15.2. The Bertz CT molecular complexity index is 572. The molecule has 0 aliphatic carbocycles. The van der Waals surface area contributed by atoms with Gasteiger partial charge in [-0.05, 0) is 22.6 Å². The Balaban J connectivity index is 2.09. The number of carbonyl (C=O) groups is 1. The average molecular weight is 281 g/mol. The second-order valence-corrected chi connectivity index (χ2v) is 5.74. The number of rotatable bonds is 6. The third kappa shape index (κ3) is 4.02. The summed E-state index contributed by atoms with van der Waals surface area (Å²) in [4.78, 5) is 12.5.